The van der Waals surface area contributed by atoms with Gasteiger partial charge in [-0.3, -0.25) is 24.3 Å². The van der Waals surface area contributed by atoms with Crippen LogP contribution in [0.2, 0.25) is 0 Å². The van der Waals surface area contributed by atoms with E-state index in [1.54, 1.807) is 9.25 Å². The normalized spacial score (nSPS) is 14.6. The molecular formula is C27H21N7O3S. The molecule has 38 heavy (non-hydrogen) atoms. The van der Waals surface area contributed by atoms with Crippen molar-refractivity contribution in [3.63, 3.8) is 0 Å². The fourth-order valence-electron chi connectivity index (χ4n) is 4.75. The molecule has 0 atom stereocenters. The Labute approximate surface area is 220 Å². The standard InChI is InChI=1S/C27H21N7O3S/c1-14-6-3-4-9-19(14)34-17(10-16-8-5-7-15(2)21(16)26(34)36)12-33-24-22(23(28)29-13-30-24)18(32-33)11-20-25(35)31-27(37)38-20/h3-11,13H,12H2,1-2H3,(H2,28,29,30)(H,31,35,37)/b20-11+. The first-order valence-corrected chi connectivity index (χ1v) is 12.6. The number of fused-ring (bicyclic) bond motifs is 2. The van der Waals surface area contributed by atoms with Crippen LogP contribution in [-0.4, -0.2) is 35.5 Å². The van der Waals surface area contributed by atoms with Gasteiger partial charge in [0.2, 0.25) is 0 Å². The molecule has 0 aliphatic carbocycles. The number of carbonyl (C=O) groups excluding carboxylic acids is 2. The quantitative estimate of drug-likeness (QED) is 0.340. The topological polar surface area (TPSA) is 138 Å². The molecule has 2 aromatic carbocycles. The van der Waals surface area contributed by atoms with Crippen LogP contribution in [0.15, 0.2) is 64.6 Å². The molecule has 1 aliphatic heterocycles. The highest BCUT2D eigenvalue weighted by molar-refractivity contribution is 8.18. The molecule has 10 nitrogen and oxygen atoms in total. The second-order valence-corrected chi connectivity index (χ2v) is 9.97. The summed E-state index contributed by atoms with van der Waals surface area (Å²) in [6.45, 7) is 4.07. The molecule has 4 heterocycles. The van der Waals surface area contributed by atoms with Crippen molar-refractivity contribution in [1.82, 2.24) is 29.6 Å². The molecule has 11 heteroatoms. The lowest BCUT2D eigenvalue weighted by molar-refractivity contribution is -0.115. The van der Waals surface area contributed by atoms with Crippen molar-refractivity contribution >= 4 is 56.6 Å². The first-order valence-electron chi connectivity index (χ1n) is 11.7. The summed E-state index contributed by atoms with van der Waals surface area (Å²) in [6.07, 6.45) is 2.84. The van der Waals surface area contributed by atoms with Gasteiger partial charge in [0.15, 0.2) is 5.65 Å². The van der Waals surface area contributed by atoms with Crippen molar-refractivity contribution in [2.45, 2.75) is 20.4 Å². The number of aryl methyl sites for hydroxylation is 2. The number of para-hydroxylation sites is 1. The number of pyridine rings is 1. The van der Waals surface area contributed by atoms with Crippen LogP contribution in [-0.2, 0) is 11.3 Å². The second-order valence-electron chi connectivity index (χ2n) is 8.95. The first kappa shape index (κ1) is 23.6. The molecule has 2 amide bonds. The number of amides is 2. The summed E-state index contributed by atoms with van der Waals surface area (Å²) in [6, 6.07) is 15.4. The molecule has 0 unspecified atom stereocenters. The van der Waals surface area contributed by atoms with Crippen LogP contribution < -0.4 is 16.6 Å². The smallest absolute Gasteiger partial charge is 0.290 e. The average molecular weight is 524 g/mol. The average Bonchev–Trinajstić information content (AvgIpc) is 3.39. The number of nitrogen functional groups attached to an aromatic ring is 1. The van der Waals surface area contributed by atoms with Crippen LogP contribution in [0, 0.1) is 13.8 Å². The minimum Gasteiger partial charge on any atom is -0.383 e. The summed E-state index contributed by atoms with van der Waals surface area (Å²) >= 11 is 0.787. The Morgan fingerprint density at radius 1 is 1.00 bits per heavy atom. The fraction of sp³-hybridized carbons (Fsp3) is 0.111. The zero-order chi connectivity index (χ0) is 26.6. The van der Waals surface area contributed by atoms with Crippen molar-refractivity contribution in [2.24, 2.45) is 0 Å². The lowest BCUT2D eigenvalue weighted by atomic mass is 10.1. The molecule has 1 saturated heterocycles. The third-order valence-electron chi connectivity index (χ3n) is 6.49. The fourth-order valence-corrected chi connectivity index (χ4v) is 5.41. The number of benzene rings is 2. The number of nitrogens with one attached hydrogen (secondary N) is 1. The van der Waals surface area contributed by atoms with Crippen molar-refractivity contribution in [3.05, 3.63) is 92.6 Å². The molecule has 1 fully saturated rings. The van der Waals surface area contributed by atoms with Gasteiger partial charge in [0.25, 0.3) is 16.7 Å². The van der Waals surface area contributed by atoms with Gasteiger partial charge in [-0.1, -0.05) is 36.4 Å². The first-order chi connectivity index (χ1) is 18.3. The van der Waals surface area contributed by atoms with Crippen molar-refractivity contribution in [1.29, 1.82) is 0 Å². The molecule has 1 aliphatic rings. The van der Waals surface area contributed by atoms with Crippen molar-refractivity contribution < 1.29 is 9.59 Å². The molecule has 3 N–H and O–H groups in total. The number of anilines is 1. The summed E-state index contributed by atoms with van der Waals surface area (Å²) in [5.74, 6) is -0.315. The van der Waals surface area contributed by atoms with E-state index in [0.717, 1.165) is 34.0 Å². The molecule has 3 aromatic heterocycles. The largest absolute Gasteiger partial charge is 0.383 e. The van der Waals surface area contributed by atoms with Crippen LogP contribution in [0.4, 0.5) is 10.6 Å². The number of aromatic nitrogens is 5. The molecule has 0 saturated carbocycles. The molecule has 0 radical (unpaired) electrons. The Morgan fingerprint density at radius 3 is 2.55 bits per heavy atom. The zero-order valence-corrected chi connectivity index (χ0v) is 21.2. The van der Waals surface area contributed by atoms with Gasteiger partial charge in [-0.25, -0.2) is 14.6 Å². The monoisotopic (exact) mass is 523 g/mol. The SMILES string of the molecule is Cc1ccccc1-n1c(Cn2nc(/C=C3/SC(=O)NC3=O)c3c(N)ncnc32)cc2cccc(C)c2c1=O. The highest BCUT2D eigenvalue weighted by atomic mass is 32.2. The maximum absolute atomic E-state index is 13.9. The lowest BCUT2D eigenvalue weighted by Gasteiger charge is -2.17. The lowest BCUT2D eigenvalue weighted by Crippen LogP contribution is -2.25. The van der Waals surface area contributed by atoms with Crippen LogP contribution in [0.1, 0.15) is 22.5 Å². The van der Waals surface area contributed by atoms with Gasteiger partial charge >= 0.3 is 0 Å². The van der Waals surface area contributed by atoms with Gasteiger partial charge in [-0.05, 0) is 60.3 Å². The number of rotatable bonds is 4. The van der Waals surface area contributed by atoms with Crippen molar-refractivity contribution in [2.75, 3.05) is 5.73 Å². The number of hydrogen-bond donors (Lipinski definition) is 2. The Kier molecular flexibility index (Phi) is 5.57. The maximum atomic E-state index is 13.9. The zero-order valence-electron chi connectivity index (χ0n) is 20.4. The molecule has 6 rings (SSSR count). The van der Waals surface area contributed by atoms with Gasteiger partial charge < -0.3 is 5.73 Å². The minimum atomic E-state index is -0.503. The number of carbonyl (C=O) groups is 2. The van der Waals surface area contributed by atoms with E-state index in [9.17, 15) is 14.4 Å². The van der Waals surface area contributed by atoms with Crippen LogP contribution in [0.25, 0.3) is 33.6 Å². The van der Waals surface area contributed by atoms with E-state index in [0.29, 0.717) is 27.8 Å². The van der Waals surface area contributed by atoms with Gasteiger partial charge in [0.05, 0.1) is 33.6 Å². The Hall–Kier alpha value is -4.77. The summed E-state index contributed by atoms with van der Waals surface area (Å²) in [5, 5.41) is 8.39. The van der Waals surface area contributed by atoms with E-state index < -0.39 is 11.1 Å². The molecule has 188 valence electrons. The van der Waals surface area contributed by atoms with Crippen LogP contribution in [0.3, 0.4) is 0 Å². The summed E-state index contributed by atoms with van der Waals surface area (Å²) in [5.41, 5.74) is 10.1. The van der Waals surface area contributed by atoms with Crippen molar-refractivity contribution in [3.8, 4) is 5.69 Å². The van der Waals surface area contributed by atoms with Gasteiger partial charge in [0.1, 0.15) is 12.1 Å². The predicted octanol–water partition coefficient (Wildman–Crippen LogP) is 3.70. The van der Waals surface area contributed by atoms with E-state index in [-0.39, 0.29) is 22.8 Å². The van der Waals surface area contributed by atoms with E-state index in [1.165, 1.54) is 12.4 Å². The van der Waals surface area contributed by atoms with Gasteiger partial charge in [-0.15, -0.1) is 0 Å². The van der Waals surface area contributed by atoms with E-state index in [4.69, 9.17) is 10.8 Å². The van der Waals surface area contributed by atoms with Crippen LogP contribution in [0.5, 0.6) is 0 Å². The summed E-state index contributed by atoms with van der Waals surface area (Å²) in [7, 11) is 0. The van der Waals surface area contributed by atoms with E-state index in [2.05, 4.69) is 15.3 Å². The Balaban J connectivity index is 1.59. The van der Waals surface area contributed by atoms with Crippen LogP contribution >= 0.6 is 11.8 Å². The number of thioether (sulfide) groups is 1. The Bertz CT molecular complexity index is 1900. The number of nitrogens with two attached hydrogens (primary N) is 1. The molecular weight excluding hydrogens is 502 g/mol. The van der Waals surface area contributed by atoms with Gasteiger partial charge in [0, 0.05) is 5.69 Å². The summed E-state index contributed by atoms with van der Waals surface area (Å²) in [4.78, 5) is 46.5. The van der Waals surface area contributed by atoms with E-state index >= 15 is 0 Å². The molecule has 0 bridgehead atoms. The number of hydrogen-bond acceptors (Lipinski definition) is 8. The predicted molar refractivity (Wildman–Crippen MR) is 147 cm³/mol. The molecule has 0 spiro atoms. The third-order valence-corrected chi connectivity index (χ3v) is 7.31. The highest BCUT2D eigenvalue weighted by Crippen LogP contribution is 2.30. The third kappa shape index (κ3) is 3.84. The second kappa shape index (κ2) is 8.96. The number of imide groups is 1. The molecule has 5 aromatic rings. The number of nitrogens with zero attached hydrogens (tertiary/aromatic N) is 5. The Morgan fingerprint density at radius 2 is 1.79 bits per heavy atom. The summed E-state index contributed by atoms with van der Waals surface area (Å²) < 4.78 is 3.34. The minimum absolute atomic E-state index is 0.129. The van der Waals surface area contributed by atoms with E-state index in [1.807, 2.05) is 62.4 Å². The van der Waals surface area contributed by atoms with Gasteiger partial charge in [-0.2, -0.15) is 5.10 Å². The highest BCUT2D eigenvalue weighted by Gasteiger charge is 2.27. The maximum Gasteiger partial charge on any atom is 0.290 e.